The van der Waals surface area contributed by atoms with E-state index in [4.69, 9.17) is 5.73 Å². The van der Waals surface area contributed by atoms with Gasteiger partial charge in [0.2, 0.25) is 0 Å². The zero-order valence-corrected chi connectivity index (χ0v) is 9.97. The van der Waals surface area contributed by atoms with E-state index in [9.17, 15) is 18.3 Å². The fourth-order valence-corrected chi connectivity index (χ4v) is 1.53. The highest BCUT2D eigenvalue weighted by Crippen LogP contribution is 2.30. The molecule has 2 atom stereocenters. The van der Waals surface area contributed by atoms with Gasteiger partial charge < -0.3 is 10.8 Å². The van der Waals surface area contributed by atoms with E-state index in [-0.39, 0.29) is 5.56 Å². The standard InChI is InChI=1S/C12H16F3NO/c1-12(2,3)11(17)10(16)7-4-6(13)5-8(14)9(7)15/h4-5,10-11,17H,16H2,1-3H3/t10-,11-/m0/s1. The van der Waals surface area contributed by atoms with Crippen LogP contribution in [-0.2, 0) is 0 Å². The van der Waals surface area contributed by atoms with E-state index in [1.54, 1.807) is 20.8 Å². The molecule has 96 valence electrons. The van der Waals surface area contributed by atoms with E-state index >= 15 is 0 Å². The van der Waals surface area contributed by atoms with Crippen LogP contribution in [0.15, 0.2) is 12.1 Å². The Bertz CT molecular complexity index is 415. The molecule has 2 nitrogen and oxygen atoms in total. The maximum absolute atomic E-state index is 13.4. The second-order valence-electron chi connectivity index (χ2n) is 5.13. The minimum Gasteiger partial charge on any atom is -0.391 e. The number of hydrogen-bond acceptors (Lipinski definition) is 2. The van der Waals surface area contributed by atoms with Crippen LogP contribution in [0.1, 0.15) is 32.4 Å². The zero-order valence-electron chi connectivity index (χ0n) is 9.97. The van der Waals surface area contributed by atoms with Gasteiger partial charge in [0.15, 0.2) is 11.6 Å². The van der Waals surface area contributed by atoms with Crippen LogP contribution in [0.2, 0.25) is 0 Å². The predicted molar refractivity (Wildman–Crippen MR) is 58.7 cm³/mol. The molecule has 0 radical (unpaired) electrons. The number of aliphatic hydroxyl groups is 1. The summed E-state index contributed by atoms with van der Waals surface area (Å²) in [5.74, 6) is -3.45. The summed E-state index contributed by atoms with van der Waals surface area (Å²) in [4.78, 5) is 0. The Kier molecular flexibility index (Phi) is 3.84. The number of rotatable bonds is 2. The number of nitrogens with two attached hydrogens (primary N) is 1. The molecule has 0 saturated carbocycles. The maximum Gasteiger partial charge on any atom is 0.163 e. The summed E-state index contributed by atoms with van der Waals surface area (Å²) >= 11 is 0. The van der Waals surface area contributed by atoms with Gasteiger partial charge in [-0.3, -0.25) is 0 Å². The fourth-order valence-electron chi connectivity index (χ4n) is 1.53. The molecule has 0 aliphatic heterocycles. The van der Waals surface area contributed by atoms with Crippen molar-refractivity contribution in [1.82, 2.24) is 0 Å². The molecule has 0 amide bonds. The van der Waals surface area contributed by atoms with Gasteiger partial charge >= 0.3 is 0 Å². The van der Waals surface area contributed by atoms with Crippen molar-refractivity contribution in [3.8, 4) is 0 Å². The van der Waals surface area contributed by atoms with Crippen molar-refractivity contribution >= 4 is 0 Å². The van der Waals surface area contributed by atoms with Crippen LogP contribution in [0.3, 0.4) is 0 Å². The van der Waals surface area contributed by atoms with Crippen molar-refractivity contribution in [1.29, 1.82) is 0 Å². The van der Waals surface area contributed by atoms with Crippen LogP contribution in [0.25, 0.3) is 0 Å². The summed E-state index contributed by atoms with van der Waals surface area (Å²) in [6.45, 7) is 5.10. The van der Waals surface area contributed by atoms with Crippen LogP contribution >= 0.6 is 0 Å². The highest BCUT2D eigenvalue weighted by molar-refractivity contribution is 5.24. The van der Waals surface area contributed by atoms with Crippen LogP contribution in [0.4, 0.5) is 13.2 Å². The summed E-state index contributed by atoms with van der Waals surface area (Å²) < 4.78 is 39.4. The van der Waals surface area contributed by atoms with Gasteiger partial charge in [0.25, 0.3) is 0 Å². The van der Waals surface area contributed by atoms with Crippen molar-refractivity contribution < 1.29 is 18.3 Å². The third-order valence-electron chi connectivity index (χ3n) is 2.61. The zero-order chi connectivity index (χ0) is 13.4. The van der Waals surface area contributed by atoms with Crippen molar-refractivity contribution in [3.05, 3.63) is 35.1 Å². The minimum atomic E-state index is -1.31. The molecule has 0 unspecified atom stereocenters. The first-order valence-corrected chi connectivity index (χ1v) is 5.22. The number of hydrogen-bond donors (Lipinski definition) is 2. The molecule has 0 fully saturated rings. The summed E-state index contributed by atoms with van der Waals surface area (Å²) in [5, 5.41) is 9.88. The van der Waals surface area contributed by atoms with Gasteiger partial charge in [-0.1, -0.05) is 20.8 Å². The Labute approximate surface area is 98.3 Å². The van der Waals surface area contributed by atoms with Gasteiger partial charge in [-0.25, -0.2) is 13.2 Å². The average molecular weight is 247 g/mol. The molecule has 0 aromatic heterocycles. The first-order chi connectivity index (χ1) is 7.64. The molecule has 1 rings (SSSR count). The fraction of sp³-hybridized carbons (Fsp3) is 0.500. The molecule has 0 spiro atoms. The summed E-state index contributed by atoms with van der Waals surface area (Å²) in [6, 6.07) is 0.0627. The second kappa shape index (κ2) is 4.66. The third kappa shape index (κ3) is 2.98. The number of halogens is 3. The molecule has 3 N–H and O–H groups in total. The van der Waals surface area contributed by atoms with E-state index in [1.807, 2.05) is 0 Å². The lowest BCUT2D eigenvalue weighted by Crippen LogP contribution is -2.37. The van der Waals surface area contributed by atoms with Gasteiger partial charge in [0.1, 0.15) is 5.82 Å². The summed E-state index contributed by atoms with van der Waals surface area (Å²) in [6.07, 6.45) is -1.11. The normalized spacial score (nSPS) is 15.8. The Hall–Kier alpha value is -1.07. The highest BCUT2D eigenvalue weighted by atomic mass is 19.2. The van der Waals surface area contributed by atoms with E-state index in [1.165, 1.54) is 0 Å². The lowest BCUT2D eigenvalue weighted by Gasteiger charge is -2.31. The van der Waals surface area contributed by atoms with Crippen molar-refractivity contribution in [2.45, 2.75) is 32.9 Å². The van der Waals surface area contributed by atoms with Crippen LogP contribution in [-0.4, -0.2) is 11.2 Å². The predicted octanol–water partition coefficient (Wildman–Crippen LogP) is 2.51. The summed E-state index contributed by atoms with van der Waals surface area (Å²) in [7, 11) is 0. The van der Waals surface area contributed by atoms with E-state index in [0.717, 1.165) is 6.07 Å². The Morgan fingerprint density at radius 3 is 2.18 bits per heavy atom. The molecular weight excluding hydrogens is 231 g/mol. The number of benzene rings is 1. The maximum atomic E-state index is 13.4. The Balaban J connectivity index is 3.17. The van der Waals surface area contributed by atoms with Crippen LogP contribution in [0, 0.1) is 22.9 Å². The molecule has 17 heavy (non-hydrogen) atoms. The largest absolute Gasteiger partial charge is 0.391 e. The molecule has 0 bridgehead atoms. The lowest BCUT2D eigenvalue weighted by atomic mass is 9.82. The van der Waals surface area contributed by atoms with Crippen molar-refractivity contribution in [3.63, 3.8) is 0 Å². The van der Waals surface area contributed by atoms with E-state index < -0.39 is 35.0 Å². The summed E-state index contributed by atoms with van der Waals surface area (Å²) in [5.41, 5.74) is 4.67. The highest BCUT2D eigenvalue weighted by Gasteiger charge is 2.31. The Morgan fingerprint density at radius 2 is 1.71 bits per heavy atom. The minimum absolute atomic E-state index is 0.357. The molecule has 0 aliphatic carbocycles. The van der Waals surface area contributed by atoms with Crippen LogP contribution < -0.4 is 5.73 Å². The van der Waals surface area contributed by atoms with Crippen LogP contribution in [0.5, 0.6) is 0 Å². The molecule has 5 heteroatoms. The monoisotopic (exact) mass is 247 g/mol. The Morgan fingerprint density at radius 1 is 1.18 bits per heavy atom. The lowest BCUT2D eigenvalue weighted by molar-refractivity contribution is 0.0389. The molecule has 1 aromatic rings. The van der Waals surface area contributed by atoms with E-state index in [0.29, 0.717) is 6.07 Å². The van der Waals surface area contributed by atoms with Gasteiger partial charge in [0, 0.05) is 11.6 Å². The first-order valence-electron chi connectivity index (χ1n) is 5.22. The molecule has 1 aromatic carbocycles. The van der Waals surface area contributed by atoms with E-state index in [2.05, 4.69) is 0 Å². The van der Waals surface area contributed by atoms with Gasteiger partial charge in [0.05, 0.1) is 12.1 Å². The van der Waals surface area contributed by atoms with Crippen molar-refractivity contribution in [2.75, 3.05) is 0 Å². The molecular formula is C12H16F3NO. The third-order valence-corrected chi connectivity index (χ3v) is 2.61. The molecule has 0 heterocycles. The van der Waals surface area contributed by atoms with Gasteiger partial charge in [-0.05, 0) is 11.5 Å². The molecule has 0 aliphatic rings. The second-order valence-corrected chi connectivity index (χ2v) is 5.13. The quantitative estimate of drug-likeness (QED) is 0.789. The van der Waals surface area contributed by atoms with Gasteiger partial charge in [-0.15, -0.1) is 0 Å². The number of aliphatic hydroxyl groups excluding tert-OH is 1. The first kappa shape index (κ1) is 14.0. The average Bonchev–Trinajstić information content (AvgIpc) is 2.20. The smallest absolute Gasteiger partial charge is 0.163 e. The topological polar surface area (TPSA) is 46.2 Å². The molecule has 0 saturated heterocycles. The van der Waals surface area contributed by atoms with Gasteiger partial charge in [-0.2, -0.15) is 0 Å². The SMILES string of the molecule is CC(C)(C)[C@@H](O)[C@@H](N)c1cc(F)cc(F)c1F. The van der Waals surface area contributed by atoms with Crippen molar-refractivity contribution in [2.24, 2.45) is 11.1 Å².